The lowest BCUT2D eigenvalue weighted by molar-refractivity contribution is 0.476. The molecular formula is C16H18FNO. The summed E-state index contributed by atoms with van der Waals surface area (Å²) < 4.78 is 18.7. The SMILES string of the molecule is CCNCc1ccc(Oc2cccc(F)c2)cc1C. The van der Waals surface area contributed by atoms with Crippen molar-refractivity contribution in [3.8, 4) is 11.5 Å². The fourth-order valence-corrected chi connectivity index (χ4v) is 1.86. The molecule has 0 bridgehead atoms. The Morgan fingerprint density at radius 3 is 2.58 bits per heavy atom. The first kappa shape index (κ1) is 13.6. The molecule has 0 aliphatic heterocycles. The van der Waals surface area contributed by atoms with Crippen molar-refractivity contribution < 1.29 is 9.13 Å². The molecule has 2 rings (SSSR count). The van der Waals surface area contributed by atoms with Crippen molar-refractivity contribution in [2.24, 2.45) is 0 Å². The summed E-state index contributed by atoms with van der Waals surface area (Å²) >= 11 is 0. The minimum Gasteiger partial charge on any atom is -0.457 e. The van der Waals surface area contributed by atoms with Gasteiger partial charge in [0.2, 0.25) is 0 Å². The number of nitrogens with one attached hydrogen (secondary N) is 1. The molecule has 0 atom stereocenters. The van der Waals surface area contributed by atoms with E-state index in [2.05, 4.69) is 12.2 Å². The lowest BCUT2D eigenvalue weighted by Gasteiger charge is -2.10. The normalized spacial score (nSPS) is 10.5. The Kier molecular flexibility index (Phi) is 4.53. The van der Waals surface area contributed by atoms with E-state index in [4.69, 9.17) is 4.74 Å². The van der Waals surface area contributed by atoms with E-state index in [1.807, 2.05) is 25.1 Å². The van der Waals surface area contributed by atoms with Gasteiger partial charge in [-0.3, -0.25) is 0 Å². The predicted molar refractivity (Wildman–Crippen MR) is 75.0 cm³/mol. The van der Waals surface area contributed by atoms with Crippen LogP contribution in [0.4, 0.5) is 4.39 Å². The summed E-state index contributed by atoms with van der Waals surface area (Å²) in [5, 5.41) is 3.29. The Labute approximate surface area is 113 Å². The molecule has 2 nitrogen and oxygen atoms in total. The average molecular weight is 259 g/mol. The Balaban J connectivity index is 2.11. The van der Waals surface area contributed by atoms with Crippen molar-refractivity contribution in [3.63, 3.8) is 0 Å². The molecule has 0 radical (unpaired) electrons. The number of halogens is 1. The van der Waals surface area contributed by atoms with Crippen LogP contribution in [0.25, 0.3) is 0 Å². The lowest BCUT2D eigenvalue weighted by Crippen LogP contribution is -2.12. The first-order valence-corrected chi connectivity index (χ1v) is 6.42. The molecule has 0 spiro atoms. The van der Waals surface area contributed by atoms with Gasteiger partial charge >= 0.3 is 0 Å². The van der Waals surface area contributed by atoms with Crippen LogP contribution in [0.2, 0.25) is 0 Å². The third-order valence-corrected chi connectivity index (χ3v) is 2.91. The lowest BCUT2D eigenvalue weighted by atomic mass is 10.1. The van der Waals surface area contributed by atoms with Crippen LogP contribution in [0.5, 0.6) is 11.5 Å². The third kappa shape index (κ3) is 3.80. The van der Waals surface area contributed by atoms with Crippen LogP contribution >= 0.6 is 0 Å². The van der Waals surface area contributed by atoms with E-state index < -0.39 is 0 Å². The zero-order chi connectivity index (χ0) is 13.7. The zero-order valence-corrected chi connectivity index (χ0v) is 11.2. The number of hydrogen-bond acceptors (Lipinski definition) is 2. The Morgan fingerprint density at radius 2 is 1.89 bits per heavy atom. The Hall–Kier alpha value is -1.87. The molecular weight excluding hydrogens is 241 g/mol. The summed E-state index contributed by atoms with van der Waals surface area (Å²) in [6.07, 6.45) is 0. The van der Waals surface area contributed by atoms with Crippen LogP contribution in [-0.4, -0.2) is 6.54 Å². The fraction of sp³-hybridized carbons (Fsp3) is 0.250. The second kappa shape index (κ2) is 6.34. The summed E-state index contributed by atoms with van der Waals surface area (Å²) in [4.78, 5) is 0. The maximum Gasteiger partial charge on any atom is 0.130 e. The highest BCUT2D eigenvalue weighted by atomic mass is 19.1. The number of rotatable bonds is 5. The molecule has 0 aliphatic rings. The molecule has 2 aromatic carbocycles. The van der Waals surface area contributed by atoms with Gasteiger partial charge in [0.1, 0.15) is 17.3 Å². The molecule has 0 aromatic heterocycles. The van der Waals surface area contributed by atoms with Crippen molar-refractivity contribution in [2.45, 2.75) is 20.4 Å². The van der Waals surface area contributed by atoms with Gasteiger partial charge in [0, 0.05) is 12.6 Å². The topological polar surface area (TPSA) is 21.3 Å². The highest BCUT2D eigenvalue weighted by Gasteiger charge is 2.02. The van der Waals surface area contributed by atoms with Gasteiger partial charge in [0.25, 0.3) is 0 Å². The minimum absolute atomic E-state index is 0.294. The van der Waals surface area contributed by atoms with E-state index in [9.17, 15) is 4.39 Å². The van der Waals surface area contributed by atoms with E-state index in [1.165, 1.54) is 17.7 Å². The van der Waals surface area contributed by atoms with Gasteiger partial charge in [-0.1, -0.05) is 19.1 Å². The molecule has 0 saturated carbocycles. The van der Waals surface area contributed by atoms with Crippen molar-refractivity contribution in [1.82, 2.24) is 5.32 Å². The van der Waals surface area contributed by atoms with Crippen LogP contribution in [0.15, 0.2) is 42.5 Å². The van der Waals surface area contributed by atoms with Crippen molar-refractivity contribution in [2.75, 3.05) is 6.54 Å². The first-order valence-electron chi connectivity index (χ1n) is 6.42. The van der Waals surface area contributed by atoms with Crippen LogP contribution in [-0.2, 0) is 6.54 Å². The second-order valence-electron chi connectivity index (χ2n) is 4.43. The first-order chi connectivity index (χ1) is 9.19. The van der Waals surface area contributed by atoms with E-state index in [0.717, 1.165) is 24.4 Å². The van der Waals surface area contributed by atoms with Gasteiger partial charge in [0.05, 0.1) is 0 Å². The molecule has 100 valence electrons. The van der Waals surface area contributed by atoms with Crippen LogP contribution in [0.1, 0.15) is 18.1 Å². The van der Waals surface area contributed by atoms with Crippen molar-refractivity contribution in [1.29, 1.82) is 0 Å². The number of ether oxygens (including phenoxy) is 1. The maximum atomic E-state index is 13.1. The number of aryl methyl sites for hydroxylation is 1. The highest BCUT2D eigenvalue weighted by Crippen LogP contribution is 2.24. The van der Waals surface area contributed by atoms with Gasteiger partial charge in [-0.05, 0) is 48.9 Å². The van der Waals surface area contributed by atoms with Crippen molar-refractivity contribution in [3.05, 3.63) is 59.4 Å². The van der Waals surface area contributed by atoms with E-state index in [1.54, 1.807) is 12.1 Å². The summed E-state index contributed by atoms with van der Waals surface area (Å²) in [5.74, 6) is 0.945. The molecule has 1 N–H and O–H groups in total. The predicted octanol–water partition coefficient (Wildman–Crippen LogP) is 4.04. The molecule has 0 fully saturated rings. The standard InChI is InChI=1S/C16H18FNO/c1-3-18-11-13-7-8-16(9-12(13)2)19-15-6-4-5-14(17)10-15/h4-10,18H,3,11H2,1-2H3. The third-order valence-electron chi connectivity index (χ3n) is 2.91. The highest BCUT2D eigenvalue weighted by molar-refractivity contribution is 5.37. The van der Waals surface area contributed by atoms with Crippen LogP contribution in [0, 0.1) is 12.7 Å². The monoisotopic (exact) mass is 259 g/mol. The zero-order valence-electron chi connectivity index (χ0n) is 11.2. The minimum atomic E-state index is -0.294. The molecule has 19 heavy (non-hydrogen) atoms. The molecule has 0 unspecified atom stereocenters. The number of hydrogen-bond donors (Lipinski definition) is 1. The summed E-state index contributed by atoms with van der Waals surface area (Å²) in [6, 6.07) is 12.1. The fourth-order valence-electron chi connectivity index (χ4n) is 1.86. The van der Waals surface area contributed by atoms with E-state index >= 15 is 0 Å². The summed E-state index contributed by atoms with van der Waals surface area (Å²) in [5.41, 5.74) is 2.41. The van der Waals surface area contributed by atoms with Gasteiger partial charge in [-0.15, -0.1) is 0 Å². The quantitative estimate of drug-likeness (QED) is 0.875. The molecule has 0 saturated heterocycles. The van der Waals surface area contributed by atoms with E-state index in [0.29, 0.717) is 5.75 Å². The smallest absolute Gasteiger partial charge is 0.130 e. The largest absolute Gasteiger partial charge is 0.457 e. The molecule has 0 amide bonds. The molecule has 2 aromatic rings. The molecule has 0 aliphatic carbocycles. The van der Waals surface area contributed by atoms with Gasteiger partial charge < -0.3 is 10.1 Å². The number of benzene rings is 2. The molecule has 0 heterocycles. The van der Waals surface area contributed by atoms with Gasteiger partial charge in [-0.25, -0.2) is 4.39 Å². The summed E-state index contributed by atoms with van der Waals surface area (Å²) in [6.45, 7) is 5.92. The average Bonchev–Trinajstić information content (AvgIpc) is 2.38. The van der Waals surface area contributed by atoms with E-state index in [-0.39, 0.29) is 5.82 Å². The summed E-state index contributed by atoms with van der Waals surface area (Å²) in [7, 11) is 0. The van der Waals surface area contributed by atoms with Gasteiger partial charge in [0.15, 0.2) is 0 Å². The van der Waals surface area contributed by atoms with Crippen LogP contribution < -0.4 is 10.1 Å². The Morgan fingerprint density at radius 1 is 1.11 bits per heavy atom. The van der Waals surface area contributed by atoms with Gasteiger partial charge in [-0.2, -0.15) is 0 Å². The second-order valence-corrected chi connectivity index (χ2v) is 4.43. The van der Waals surface area contributed by atoms with Crippen molar-refractivity contribution >= 4 is 0 Å². The Bertz CT molecular complexity index is 554. The maximum absolute atomic E-state index is 13.1. The van der Waals surface area contributed by atoms with Crippen LogP contribution in [0.3, 0.4) is 0 Å². The molecule has 3 heteroatoms.